The van der Waals surface area contributed by atoms with Crippen molar-refractivity contribution in [2.45, 2.75) is 33.7 Å². The highest BCUT2D eigenvalue weighted by Gasteiger charge is 2.10. The van der Waals surface area contributed by atoms with E-state index in [1.165, 1.54) is 17.0 Å². The monoisotopic (exact) mass is 181 g/mol. The summed E-state index contributed by atoms with van der Waals surface area (Å²) >= 11 is 0. The zero-order chi connectivity index (χ0) is 9.84. The Kier molecular flexibility index (Phi) is 3.48. The fraction of sp³-hybridized carbons (Fsp3) is 0.700. The SMILES string of the molecule is CNCc1c(CC(C)C)n[nH]c1C. The van der Waals surface area contributed by atoms with Crippen LogP contribution in [0.25, 0.3) is 0 Å². The highest BCUT2D eigenvalue weighted by atomic mass is 15.1. The van der Waals surface area contributed by atoms with E-state index in [9.17, 15) is 0 Å². The van der Waals surface area contributed by atoms with Gasteiger partial charge in [0.15, 0.2) is 0 Å². The maximum absolute atomic E-state index is 4.31. The Morgan fingerprint density at radius 2 is 2.15 bits per heavy atom. The number of aromatic amines is 1. The summed E-state index contributed by atoms with van der Waals surface area (Å²) in [6.45, 7) is 7.41. The van der Waals surface area contributed by atoms with E-state index >= 15 is 0 Å². The van der Waals surface area contributed by atoms with E-state index in [0.29, 0.717) is 5.92 Å². The van der Waals surface area contributed by atoms with Crippen LogP contribution < -0.4 is 5.32 Å². The highest BCUT2D eigenvalue weighted by Crippen LogP contribution is 2.14. The Balaban J connectivity index is 2.80. The van der Waals surface area contributed by atoms with Crippen molar-refractivity contribution in [3.05, 3.63) is 17.0 Å². The van der Waals surface area contributed by atoms with E-state index in [4.69, 9.17) is 0 Å². The maximum Gasteiger partial charge on any atom is 0.0672 e. The van der Waals surface area contributed by atoms with Crippen molar-refractivity contribution in [3.63, 3.8) is 0 Å². The second-order valence-corrected chi connectivity index (χ2v) is 3.90. The Morgan fingerprint density at radius 1 is 1.46 bits per heavy atom. The van der Waals surface area contributed by atoms with Gasteiger partial charge in [0.25, 0.3) is 0 Å². The van der Waals surface area contributed by atoms with E-state index in [0.717, 1.165) is 13.0 Å². The summed E-state index contributed by atoms with van der Waals surface area (Å²) in [6, 6.07) is 0. The van der Waals surface area contributed by atoms with Crippen LogP contribution in [0.5, 0.6) is 0 Å². The van der Waals surface area contributed by atoms with Crippen LogP contribution in [0.2, 0.25) is 0 Å². The minimum absolute atomic E-state index is 0.665. The van der Waals surface area contributed by atoms with E-state index in [1.54, 1.807) is 0 Å². The van der Waals surface area contributed by atoms with Crippen molar-refractivity contribution < 1.29 is 0 Å². The maximum atomic E-state index is 4.31. The van der Waals surface area contributed by atoms with Gasteiger partial charge in [0, 0.05) is 17.8 Å². The Labute approximate surface area is 79.9 Å². The largest absolute Gasteiger partial charge is 0.316 e. The first-order chi connectivity index (χ1) is 6.15. The lowest BCUT2D eigenvalue weighted by Crippen LogP contribution is -2.09. The molecule has 0 amide bonds. The molecule has 74 valence electrons. The first kappa shape index (κ1) is 10.3. The molecule has 0 aliphatic heterocycles. The van der Waals surface area contributed by atoms with Gasteiger partial charge < -0.3 is 5.32 Å². The van der Waals surface area contributed by atoms with Gasteiger partial charge in [0.05, 0.1) is 5.69 Å². The van der Waals surface area contributed by atoms with Gasteiger partial charge in [-0.1, -0.05) is 13.8 Å². The summed E-state index contributed by atoms with van der Waals surface area (Å²) in [4.78, 5) is 0. The molecule has 3 heteroatoms. The molecule has 0 saturated carbocycles. The standard InChI is InChI=1S/C10H19N3/c1-7(2)5-10-9(6-11-4)8(3)12-13-10/h7,11H,5-6H2,1-4H3,(H,12,13). The molecule has 0 radical (unpaired) electrons. The number of hydrogen-bond donors (Lipinski definition) is 2. The van der Waals surface area contributed by atoms with Gasteiger partial charge in [0.1, 0.15) is 0 Å². The van der Waals surface area contributed by atoms with Crippen LogP contribution in [0.4, 0.5) is 0 Å². The predicted molar refractivity (Wildman–Crippen MR) is 54.6 cm³/mol. The van der Waals surface area contributed by atoms with Gasteiger partial charge in [-0.05, 0) is 26.3 Å². The van der Waals surface area contributed by atoms with Gasteiger partial charge in [-0.2, -0.15) is 5.10 Å². The summed E-state index contributed by atoms with van der Waals surface area (Å²) < 4.78 is 0. The molecule has 1 aromatic rings. The van der Waals surface area contributed by atoms with Crippen molar-refractivity contribution in [2.24, 2.45) is 5.92 Å². The minimum atomic E-state index is 0.665. The fourth-order valence-corrected chi connectivity index (χ4v) is 1.47. The number of aromatic nitrogens is 2. The van der Waals surface area contributed by atoms with Crippen LogP contribution in [0.15, 0.2) is 0 Å². The van der Waals surface area contributed by atoms with Crippen molar-refractivity contribution >= 4 is 0 Å². The number of nitrogens with zero attached hydrogens (tertiary/aromatic N) is 1. The predicted octanol–water partition coefficient (Wildman–Crippen LogP) is 1.64. The first-order valence-electron chi connectivity index (χ1n) is 4.82. The quantitative estimate of drug-likeness (QED) is 0.741. The average molecular weight is 181 g/mol. The normalized spacial score (nSPS) is 11.2. The van der Waals surface area contributed by atoms with Crippen LogP contribution in [0.1, 0.15) is 30.8 Å². The summed E-state index contributed by atoms with van der Waals surface area (Å²) in [7, 11) is 1.96. The topological polar surface area (TPSA) is 40.7 Å². The van der Waals surface area contributed by atoms with Crippen LogP contribution in [-0.4, -0.2) is 17.2 Å². The molecule has 13 heavy (non-hydrogen) atoms. The third-order valence-corrected chi connectivity index (χ3v) is 2.11. The fourth-order valence-electron chi connectivity index (χ4n) is 1.47. The van der Waals surface area contributed by atoms with E-state index in [-0.39, 0.29) is 0 Å². The van der Waals surface area contributed by atoms with Crippen molar-refractivity contribution in [3.8, 4) is 0 Å². The Hall–Kier alpha value is -0.830. The molecular formula is C10H19N3. The van der Waals surface area contributed by atoms with Crippen LogP contribution in [0, 0.1) is 12.8 Å². The molecule has 0 saturated heterocycles. The number of H-pyrrole nitrogens is 1. The molecule has 2 N–H and O–H groups in total. The lowest BCUT2D eigenvalue weighted by atomic mass is 10.0. The molecule has 1 rings (SSSR count). The molecule has 0 aliphatic carbocycles. The summed E-state index contributed by atoms with van der Waals surface area (Å²) in [5.41, 5.74) is 3.73. The molecule has 0 aromatic carbocycles. The molecule has 0 atom stereocenters. The van der Waals surface area contributed by atoms with E-state index in [1.807, 2.05) is 7.05 Å². The van der Waals surface area contributed by atoms with Crippen molar-refractivity contribution in [1.82, 2.24) is 15.5 Å². The molecular weight excluding hydrogens is 162 g/mol. The second kappa shape index (κ2) is 4.42. The first-order valence-corrected chi connectivity index (χ1v) is 4.82. The van der Waals surface area contributed by atoms with Gasteiger partial charge in [-0.15, -0.1) is 0 Å². The van der Waals surface area contributed by atoms with Gasteiger partial charge in [-0.3, -0.25) is 5.10 Å². The number of rotatable bonds is 4. The molecule has 0 aliphatic rings. The van der Waals surface area contributed by atoms with E-state index < -0.39 is 0 Å². The van der Waals surface area contributed by atoms with Crippen LogP contribution in [-0.2, 0) is 13.0 Å². The summed E-state index contributed by atoms with van der Waals surface area (Å²) in [5.74, 6) is 0.665. The Morgan fingerprint density at radius 3 is 2.69 bits per heavy atom. The minimum Gasteiger partial charge on any atom is -0.316 e. The molecule has 1 heterocycles. The molecule has 0 fully saturated rings. The van der Waals surface area contributed by atoms with Crippen LogP contribution in [0.3, 0.4) is 0 Å². The summed E-state index contributed by atoms with van der Waals surface area (Å²) in [5, 5.41) is 10.5. The number of aryl methyl sites for hydroxylation is 1. The molecule has 0 unspecified atom stereocenters. The zero-order valence-electron chi connectivity index (χ0n) is 8.94. The van der Waals surface area contributed by atoms with Gasteiger partial charge in [-0.25, -0.2) is 0 Å². The van der Waals surface area contributed by atoms with Gasteiger partial charge >= 0.3 is 0 Å². The second-order valence-electron chi connectivity index (χ2n) is 3.90. The Bertz CT molecular complexity index is 263. The molecule has 0 spiro atoms. The average Bonchev–Trinajstić information content (AvgIpc) is 2.35. The molecule has 1 aromatic heterocycles. The zero-order valence-corrected chi connectivity index (χ0v) is 8.94. The summed E-state index contributed by atoms with van der Waals surface area (Å²) in [6.07, 6.45) is 1.06. The highest BCUT2D eigenvalue weighted by molar-refractivity contribution is 5.24. The third kappa shape index (κ3) is 2.56. The lowest BCUT2D eigenvalue weighted by Gasteiger charge is -2.05. The van der Waals surface area contributed by atoms with Crippen molar-refractivity contribution in [2.75, 3.05) is 7.05 Å². The van der Waals surface area contributed by atoms with Crippen molar-refractivity contribution in [1.29, 1.82) is 0 Å². The smallest absolute Gasteiger partial charge is 0.0672 e. The molecule has 0 bridgehead atoms. The molecule has 3 nitrogen and oxygen atoms in total. The number of hydrogen-bond acceptors (Lipinski definition) is 2. The lowest BCUT2D eigenvalue weighted by molar-refractivity contribution is 0.626. The third-order valence-electron chi connectivity index (χ3n) is 2.11. The number of nitrogens with one attached hydrogen (secondary N) is 2. The van der Waals surface area contributed by atoms with E-state index in [2.05, 4.69) is 36.3 Å². The van der Waals surface area contributed by atoms with Crippen LogP contribution >= 0.6 is 0 Å². The van der Waals surface area contributed by atoms with Gasteiger partial charge in [0.2, 0.25) is 0 Å².